The molecule has 7 nitrogen and oxygen atoms in total. The molecule has 0 saturated carbocycles. The summed E-state index contributed by atoms with van der Waals surface area (Å²) in [7, 11) is 1.36. The Hall–Kier alpha value is -3.36. The van der Waals surface area contributed by atoms with Gasteiger partial charge < -0.3 is 25.4 Å². The number of hydrogen-bond acceptors (Lipinski definition) is 4. The Bertz CT molecular complexity index is 875. The second kappa shape index (κ2) is 11.0. The molecule has 2 rings (SSSR count). The van der Waals surface area contributed by atoms with Crippen LogP contribution in [0.15, 0.2) is 42.5 Å². The molecule has 2 aromatic carbocycles. The lowest BCUT2D eigenvalue weighted by atomic mass is 10.1. The fourth-order valence-corrected chi connectivity index (χ4v) is 2.65. The first kappa shape index (κ1) is 22.9. The Morgan fingerprint density at radius 1 is 1.07 bits per heavy atom. The molecule has 9 heteroatoms. The van der Waals surface area contributed by atoms with E-state index < -0.39 is 6.61 Å². The number of nitrogens with one attached hydrogen (secondary N) is 3. The molecule has 0 atom stereocenters. The summed E-state index contributed by atoms with van der Waals surface area (Å²) in [5.74, 6) is -0.177. The number of amides is 3. The number of ether oxygens (including phenoxy) is 2. The first-order valence-corrected chi connectivity index (χ1v) is 9.36. The molecule has 3 N–H and O–H groups in total. The molecule has 0 bridgehead atoms. The molecule has 0 saturated heterocycles. The third kappa shape index (κ3) is 7.23. The van der Waals surface area contributed by atoms with E-state index in [1.54, 1.807) is 30.3 Å². The van der Waals surface area contributed by atoms with Gasteiger partial charge in [-0.2, -0.15) is 8.78 Å². The van der Waals surface area contributed by atoms with Crippen LogP contribution in [0.1, 0.15) is 29.8 Å². The lowest BCUT2D eigenvalue weighted by Gasteiger charge is -2.12. The van der Waals surface area contributed by atoms with Gasteiger partial charge in [-0.15, -0.1) is 0 Å². The maximum Gasteiger partial charge on any atom is 0.387 e. The minimum Gasteiger partial charge on any atom is -0.493 e. The van der Waals surface area contributed by atoms with E-state index in [4.69, 9.17) is 4.74 Å². The van der Waals surface area contributed by atoms with Gasteiger partial charge in [0.25, 0.3) is 5.91 Å². The van der Waals surface area contributed by atoms with Gasteiger partial charge in [-0.3, -0.25) is 4.79 Å². The zero-order chi connectivity index (χ0) is 22.1. The first-order chi connectivity index (χ1) is 14.3. The minimum absolute atomic E-state index is 0.0129. The lowest BCUT2D eigenvalue weighted by molar-refractivity contribution is -0.0512. The first-order valence-electron chi connectivity index (χ1n) is 9.36. The summed E-state index contributed by atoms with van der Waals surface area (Å²) in [6.45, 7) is 1.01. The van der Waals surface area contributed by atoms with Crippen molar-refractivity contribution in [1.29, 1.82) is 0 Å². The van der Waals surface area contributed by atoms with Crippen LogP contribution in [0.25, 0.3) is 0 Å². The van der Waals surface area contributed by atoms with Crippen molar-refractivity contribution in [3.05, 3.63) is 53.6 Å². The molecular formula is C21H25F2N3O4. The van der Waals surface area contributed by atoms with Gasteiger partial charge in [-0.05, 0) is 56.2 Å². The second-order valence-corrected chi connectivity index (χ2v) is 6.70. The molecule has 0 aliphatic carbocycles. The van der Waals surface area contributed by atoms with Gasteiger partial charge in [-0.1, -0.05) is 12.1 Å². The largest absolute Gasteiger partial charge is 0.493 e. The number of carbonyl (C=O) groups is 2. The van der Waals surface area contributed by atoms with Crippen LogP contribution in [0.4, 0.5) is 19.3 Å². The van der Waals surface area contributed by atoms with Gasteiger partial charge in [0.15, 0.2) is 11.5 Å². The van der Waals surface area contributed by atoms with Crippen LogP contribution >= 0.6 is 0 Å². The van der Waals surface area contributed by atoms with Gasteiger partial charge in [0.1, 0.15) is 0 Å². The van der Waals surface area contributed by atoms with Crippen LogP contribution in [0.3, 0.4) is 0 Å². The summed E-state index contributed by atoms with van der Waals surface area (Å²) in [6.07, 6.45) is 0.407. The van der Waals surface area contributed by atoms with Crippen LogP contribution in [-0.2, 0) is 6.42 Å². The van der Waals surface area contributed by atoms with Crippen molar-refractivity contribution in [2.75, 3.05) is 19.0 Å². The molecule has 0 aliphatic heterocycles. The Morgan fingerprint density at radius 2 is 1.83 bits per heavy atom. The van der Waals surface area contributed by atoms with Gasteiger partial charge in [-0.25, -0.2) is 4.79 Å². The Balaban J connectivity index is 1.93. The third-order valence-corrected chi connectivity index (χ3v) is 3.95. The summed E-state index contributed by atoms with van der Waals surface area (Å²) < 4.78 is 34.5. The highest BCUT2D eigenvalue weighted by Crippen LogP contribution is 2.29. The molecule has 0 fully saturated rings. The molecule has 0 spiro atoms. The van der Waals surface area contributed by atoms with Crippen LogP contribution in [0, 0.1) is 0 Å². The topological polar surface area (TPSA) is 88.7 Å². The van der Waals surface area contributed by atoms with E-state index in [0.29, 0.717) is 23.2 Å². The summed E-state index contributed by atoms with van der Waals surface area (Å²) >= 11 is 0. The number of halogens is 2. The number of carbonyl (C=O) groups excluding carboxylic acids is 2. The normalized spacial score (nSPS) is 10.6. The van der Waals surface area contributed by atoms with E-state index >= 15 is 0 Å². The van der Waals surface area contributed by atoms with Crippen LogP contribution in [0.5, 0.6) is 11.5 Å². The van der Waals surface area contributed by atoms with Crippen molar-refractivity contribution in [3.63, 3.8) is 0 Å². The number of benzene rings is 2. The van der Waals surface area contributed by atoms with Crippen molar-refractivity contribution >= 4 is 17.6 Å². The molecular weight excluding hydrogens is 396 g/mol. The van der Waals surface area contributed by atoms with Crippen molar-refractivity contribution < 1.29 is 27.8 Å². The average molecular weight is 421 g/mol. The molecule has 0 aliphatic rings. The van der Waals surface area contributed by atoms with Crippen molar-refractivity contribution in [2.24, 2.45) is 0 Å². The maximum atomic E-state index is 12.5. The SMILES string of the molecule is COc1ccc(CCNC(=O)c2cccc(NC(=O)NC(C)C)c2)cc1OC(F)F. The van der Waals surface area contributed by atoms with E-state index in [1.165, 1.54) is 19.2 Å². The average Bonchev–Trinajstić information content (AvgIpc) is 2.67. The highest BCUT2D eigenvalue weighted by Gasteiger charge is 2.12. The summed E-state index contributed by atoms with van der Waals surface area (Å²) in [5, 5.41) is 8.13. The van der Waals surface area contributed by atoms with Crippen LogP contribution < -0.4 is 25.4 Å². The number of alkyl halides is 2. The Kier molecular flexibility index (Phi) is 8.40. The van der Waals surface area contributed by atoms with E-state index in [2.05, 4.69) is 20.7 Å². The molecule has 162 valence electrons. The summed E-state index contributed by atoms with van der Waals surface area (Å²) in [4.78, 5) is 24.2. The van der Waals surface area contributed by atoms with E-state index in [1.807, 2.05) is 13.8 Å². The molecule has 0 radical (unpaired) electrons. The number of urea groups is 1. The fourth-order valence-electron chi connectivity index (χ4n) is 2.65. The van der Waals surface area contributed by atoms with E-state index in [0.717, 1.165) is 0 Å². The number of anilines is 1. The van der Waals surface area contributed by atoms with Crippen molar-refractivity contribution in [3.8, 4) is 11.5 Å². The van der Waals surface area contributed by atoms with E-state index in [-0.39, 0.29) is 36.0 Å². The van der Waals surface area contributed by atoms with Gasteiger partial charge in [0.2, 0.25) is 0 Å². The highest BCUT2D eigenvalue weighted by molar-refractivity contribution is 5.96. The third-order valence-electron chi connectivity index (χ3n) is 3.95. The number of methoxy groups -OCH3 is 1. The minimum atomic E-state index is -2.96. The molecule has 2 aromatic rings. The summed E-state index contributed by atoms with van der Waals surface area (Å²) in [5.41, 5.74) is 1.58. The smallest absolute Gasteiger partial charge is 0.387 e. The van der Waals surface area contributed by atoms with Crippen LogP contribution in [-0.4, -0.2) is 38.2 Å². The van der Waals surface area contributed by atoms with Gasteiger partial charge >= 0.3 is 12.6 Å². The number of rotatable bonds is 9. The monoisotopic (exact) mass is 421 g/mol. The van der Waals surface area contributed by atoms with Gasteiger partial charge in [0.05, 0.1) is 7.11 Å². The zero-order valence-corrected chi connectivity index (χ0v) is 17.0. The second-order valence-electron chi connectivity index (χ2n) is 6.70. The predicted molar refractivity (Wildman–Crippen MR) is 109 cm³/mol. The predicted octanol–water partition coefficient (Wildman–Crippen LogP) is 3.80. The maximum absolute atomic E-state index is 12.5. The molecule has 30 heavy (non-hydrogen) atoms. The molecule has 0 heterocycles. The van der Waals surface area contributed by atoms with Crippen molar-refractivity contribution in [1.82, 2.24) is 10.6 Å². The standard InChI is InChI=1S/C21H25F2N3O4/c1-13(2)25-21(28)26-16-6-4-5-15(12-16)19(27)24-10-9-14-7-8-17(29-3)18(11-14)30-20(22)23/h4-8,11-13,20H,9-10H2,1-3H3,(H,24,27)(H2,25,26,28). The zero-order valence-electron chi connectivity index (χ0n) is 17.0. The molecule has 0 aromatic heterocycles. The van der Waals surface area contributed by atoms with E-state index in [9.17, 15) is 18.4 Å². The Labute approximate surface area is 173 Å². The van der Waals surface area contributed by atoms with Crippen molar-refractivity contribution in [2.45, 2.75) is 32.9 Å². The Morgan fingerprint density at radius 3 is 2.50 bits per heavy atom. The quantitative estimate of drug-likeness (QED) is 0.575. The fraction of sp³-hybridized carbons (Fsp3) is 0.333. The summed E-state index contributed by atoms with van der Waals surface area (Å²) in [6, 6.07) is 10.9. The molecule has 0 unspecified atom stereocenters. The van der Waals surface area contributed by atoms with Crippen LogP contribution in [0.2, 0.25) is 0 Å². The molecule has 3 amide bonds. The highest BCUT2D eigenvalue weighted by atomic mass is 19.3. The van der Waals surface area contributed by atoms with Gasteiger partial charge in [0, 0.05) is 23.8 Å². The number of hydrogen-bond donors (Lipinski definition) is 3. The lowest BCUT2D eigenvalue weighted by Crippen LogP contribution is -2.34.